The average Bonchev–Trinajstić information content (AvgIpc) is 2.43. The summed E-state index contributed by atoms with van der Waals surface area (Å²) in [6.45, 7) is 8.96. The number of rotatable bonds is 10. The first-order valence-corrected chi connectivity index (χ1v) is 8.03. The van der Waals surface area contributed by atoms with E-state index in [-0.39, 0.29) is 0 Å². The molecular weight excluding hydrogens is 230 g/mol. The van der Waals surface area contributed by atoms with Crippen LogP contribution in [-0.4, -0.2) is 13.1 Å². The molecule has 1 aromatic rings. The number of nitrogens with one attached hydrogen (secondary N) is 1. The third-order valence-electron chi connectivity index (χ3n) is 3.92. The Labute approximate surface area is 119 Å². The smallest absolute Gasteiger partial charge is 0.00175 e. The van der Waals surface area contributed by atoms with E-state index >= 15 is 0 Å². The van der Waals surface area contributed by atoms with E-state index in [0.717, 1.165) is 19.0 Å². The van der Waals surface area contributed by atoms with Gasteiger partial charge in [0.15, 0.2) is 0 Å². The molecule has 1 N–H and O–H groups in total. The van der Waals surface area contributed by atoms with Crippen LogP contribution >= 0.6 is 0 Å². The SMILES string of the molecule is CCCCCCC(CNCC)Cc1ccccc1C. The Kier molecular flexibility index (Phi) is 8.57. The largest absolute Gasteiger partial charge is 0.317 e. The Hall–Kier alpha value is -0.820. The molecule has 0 aliphatic rings. The van der Waals surface area contributed by atoms with Crippen molar-refractivity contribution in [3.8, 4) is 0 Å². The summed E-state index contributed by atoms with van der Waals surface area (Å²) in [5, 5.41) is 3.53. The van der Waals surface area contributed by atoms with E-state index in [4.69, 9.17) is 0 Å². The summed E-state index contributed by atoms with van der Waals surface area (Å²) >= 11 is 0. The molecule has 108 valence electrons. The Morgan fingerprint density at radius 1 is 1.05 bits per heavy atom. The van der Waals surface area contributed by atoms with Gasteiger partial charge >= 0.3 is 0 Å². The number of hydrogen-bond acceptors (Lipinski definition) is 1. The molecule has 1 atom stereocenters. The van der Waals surface area contributed by atoms with E-state index in [1.807, 2.05) is 0 Å². The van der Waals surface area contributed by atoms with Gasteiger partial charge in [-0.25, -0.2) is 0 Å². The molecule has 1 nitrogen and oxygen atoms in total. The molecule has 0 saturated carbocycles. The van der Waals surface area contributed by atoms with Gasteiger partial charge in [-0.05, 0) is 49.9 Å². The molecular formula is C18H31N. The van der Waals surface area contributed by atoms with E-state index < -0.39 is 0 Å². The summed E-state index contributed by atoms with van der Waals surface area (Å²) < 4.78 is 0. The fourth-order valence-corrected chi connectivity index (χ4v) is 2.63. The molecule has 1 aromatic carbocycles. The van der Waals surface area contributed by atoms with Gasteiger partial charge in [-0.15, -0.1) is 0 Å². The molecule has 0 aliphatic carbocycles. The van der Waals surface area contributed by atoms with Crippen molar-refractivity contribution < 1.29 is 0 Å². The maximum absolute atomic E-state index is 3.53. The van der Waals surface area contributed by atoms with Gasteiger partial charge in [0, 0.05) is 0 Å². The second kappa shape index (κ2) is 10.0. The second-order valence-corrected chi connectivity index (χ2v) is 5.65. The van der Waals surface area contributed by atoms with Crippen LogP contribution in [0.5, 0.6) is 0 Å². The van der Waals surface area contributed by atoms with Gasteiger partial charge in [-0.3, -0.25) is 0 Å². The highest BCUT2D eigenvalue weighted by Gasteiger charge is 2.10. The van der Waals surface area contributed by atoms with Gasteiger partial charge < -0.3 is 5.32 Å². The van der Waals surface area contributed by atoms with Crippen LogP contribution in [0, 0.1) is 12.8 Å². The minimum Gasteiger partial charge on any atom is -0.317 e. The first-order chi connectivity index (χ1) is 9.27. The molecule has 1 unspecified atom stereocenters. The van der Waals surface area contributed by atoms with E-state index in [1.54, 1.807) is 0 Å². The Balaban J connectivity index is 2.46. The molecule has 0 saturated heterocycles. The lowest BCUT2D eigenvalue weighted by molar-refractivity contribution is 0.425. The van der Waals surface area contributed by atoms with Gasteiger partial charge in [0.1, 0.15) is 0 Å². The van der Waals surface area contributed by atoms with E-state index in [0.29, 0.717) is 0 Å². The van der Waals surface area contributed by atoms with Crippen molar-refractivity contribution in [2.24, 2.45) is 5.92 Å². The highest BCUT2D eigenvalue weighted by molar-refractivity contribution is 5.25. The van der Waals surface area contributed by atoms with Crippen molar-refractivity contribution >= 4 is 0 Å². The van der Waals surface area contributed by atoms with Crippen LogP contribution in [0.2, 0.25) is 0 Å². The predicted molar refractivity (Wildman–Crippen MR) is 85.7 cm³/mol. The lowest BCUT2D eigenvalue weighted by atomic mass is 9.91. The molecule has 1 heteroatoms. The van der Waals surface area contributed by atoms with Gasteiger partial charge in [0.2, 0.25) is 0 Å². The zero-order chi connectivity index (χ0) is 13.9. The monoisotopic (exact) mass is 261 g/mol. The normalized spacial score (nSPS) is 12.6. The van der Waals surface area contributed by atoms with Crippen molar-refractivity contribution in [1.82, 2.24) is 5.32 Å². The minimum absolute atomic E-state index is 0.790. The zero-order valence-corrected chi connectivity index (χ0v) is 13.0. The lowest BCUT2D eigenvalue weighted by Gasteiger charge is -2.18. The minimum atomic E-state index is 0.790. The fraction of sp³-hybridized carbons (Fsp3) is 0.667. The van der Waals surface area contributed by atoms with Gasteiger partial charge in [-0.1, -0.05) is 63.8 Å². The van der Waals surface area contributed by atoms with Gasteiger partial charge in [0.25, 0.3) is 0 Å². The van der Waals surface area contributed by atoms with Crippen LogP contribution in [-0.2, 0) is 6.42 Å². The average molecular weight is 261 g/mol. The Bertz CT molecular complexity index is 332. The molecule has 0 spiro atoms. The summed E-state index contributed by atoms with van der Waals surface area (Å²) in [5.41, 5.74) is 2.97. The summed E-state index contributed by atoms with van der Waals surface area (Å²) in [6, 6.07) is 8.83. The van der Waals surface area contributed by atoms with Crippen molar-refractivity contribution in [2.45, 2.75) is 59.3 Å². The molecule has 0 aliphatic heterocycles. The number of aryl methyl sites for hydroxylation is 1. The van der Waals surface area contributed by atoms with Crippen molar-refractivity contribution in [3.05, 3.63) is 35.4 Å². The van der Waals surface area contributed by atoms with Crippen LogP contribution in [0.4, 0.5) is 0 Å². The Morgan fingerprint density at radius 2 is 1.84 bits per heavy atom. The second-order valence-electron chi connectivity index (χ2n) is 5.65. The molecule has 0 bridgehead atoms. The van der Waals surface area contributed by atoms with E-state index in [9.17, 15) is 0 Å². The van der Waals surface area contributed by atoms with Crippen LogP contribution in [0.3, 0.4) is 0 Å². The van der Waals surface area contributed by atoms with Crippen molar-refractivity contribution in [1.29, 1.82) is 0 Å². The maximum Gasteiger partial charge on any atom is -0.00175 e. The molecule has 0 heterocycles. The van der Waals surface area contributed by atoms with Gasteiger partial charge in [0.05, 0.1) is 0 Å². The van der Waals surface area contributed by atoms with Crippen LogP contribution in [0.15, 0.2) is 24.3 Å². The van der Waals surface area contributed by atoms with Crippen molar-refractivity contribution in [3.63, 3.8) is 0 Å². The molecule has 0 aromatic heterocycles. The molecule has 0 amide bonds. The quantitative estimate of drug-likeness (QED) is 0.600. The summed E-state index contributed by atoms with van der Waals surface area (Å²) in [5.74, 6) is 0.790. The van der Waals surface area contributed by atoms with Crippen LogP contribution in [0.1, 0.15) is 57.1 Å². The summed E-state index contributed by atoms with van der Waals surface area (Å²) in [4.78, 5) is 0. The maximum atomic E-state index is 3.53. The molecule has 1 rings (SSSR count). The molecule has 0 radical (unpaired) electrons. The highest BCUT2D eigenvalue weighted by atomic mass is 14.8. The zero-order valence-electron chi connectivity index (χ0n) is 13.0. The standard InChI is InChI=1S/C18H31N/c1-4-6-7-8-12-17(15-19-5-2)14-18-13-10-9-11-16(18)3/h9-11,13,17,19H,4-8,12,14-15H2,1-3H3. The van der Waals surface area contributed by atoms with Crippen LogP contribution in [0.25, 0.3) is 0 Å². The Morgan fingerprint density at radius 3 is 2.53 bits per heavy atom. The van der Waals surface area contributed by atoms with Gasteiger partial charge in [-0.2, -0.15) is 0 Å². The number of benzene rings is 1. The van der Waals surface area contributed by atoms with Crippen LogP contribution < -0.4 is 5.32 Å². The lowest BCUT2D eigenvalue weighted by Crippen LogP contribution is -2.24. The highest BCUT2D eigenvalue weighted by Crippen LogP contribution is 2.18. The number of hydrogen-bond donors (Lipinski definition) is 1. The van der Waals surface area contributed by atoms with E-state index in [2.05, 4.69) is 50.4 Å². The van der Waals surface area contributed by atoms with Crippen molar-refractivity contribution in [2.75, 3.05) is 13.1 Å². The predicted octanol–water partition coefficient (Wildman–Crippen LogP) is 4.73. The third kappa shape index (κ3) is 6.77. The first-order valence-electron chi connectivity index (χ1n) is 8.03. The van der Waals surface area contributed by atoms with E-state index in [1.165, 1.54) is 49.7 Å². The summed E-state index contributed by atoms with van der Waals surface area (Å²) in [7, 11) is 0. The molecule has 19 heavy (non-hydrogen) atoms. The number of unbranched alkanes of at least 4 members (excludes halogenated alkanes) is 3. The topological polar surface area (TPSA) is 12.0 Å². The first kappa shape index (κ1) is 16.2. The fourth-order valence-electron chi connectivity index (χ4n) is 2.63. The third-order valence-corrected chi connectivity index (χ3v) is 3.92. The molecule has 0 fully saturated rings. The summed E-state index contributed by atoms with van der Waals surface area (Å²) in [6.07, 6.45) is 8.09.